The summed E-state index contributed by atoms with van der Waals surface area (Å²) in [6.45, 7) is 6.64. The average Bonchev–Trinajstić information content (AvgIpc) is 2.40. The fraction of sp³-hybridized carbons (Fsp3) is 0.467. The minimum absolute atomic E-state index is 0.500. The molecule has 102 valence electrons. The first-order chi connectivity index (χ1) is 8.92. The van der Waals surface area contributed by atoms with E-state index in [9.17, 15) is 4.79 Å². The van der Waals surface area contributed by atoms with E-state index in [1.54, 1.807) is 20.2 Å². The molecule has 0 saturated heterocycles. The molecule has 19 heavy (non-hydrogen) atoms. The van der Waals surface area contributed by atoms with Gasteiger partial charge in [-0.05, 0) is 49.4 Å². The molecule has 0 bridgehead atoms. The van der Waals surface area contributed by atoms with E-state index in [-0.39, 0.29) is 0 Å². The molecule has 4 nitrogen and oxygen atoms in total. The molecular weight excluding hydrogens is 240 g/mol. The van der Waals surface area contributed by atoms with Crippen molar-refractivity contribution < 1.29 is 9.53 Å². The van der Waals surface area contributed by atoms with Crippen molar-refractivity contribution in [3.05, 3.63) is 28.3 Å². The van der Waals surface area contributed by atoms with Crippen LogP contribution in [0.5, 0.6) is 5.75 Å². The third-order valence-electron chi connectivity index (χ3n) is 3.50. The molecule has 0 heterocycles. The van der Waals surface area contributed by atoms with Crippen LogP contribution < -0.4 is 4.74 Å². The second-order valence-electron chi connectivity index (χ2n) is 4.72. The van der Waals surface area contributed by atoms with Crippen LogP contribution in [0.15, 0.2) is 6.07 Å². The summed E-state index contributed by atoms with van der Waals surface area (Å²) in [5.41, 5.74) is 4.59. The number of aryl methyl sites for hydroxylation is 1. The van der Waals surface area contributed by atoms with Crippen LogP contribution in [-0.4, -0.2) is 31.5 Å². The zero-order chi connectivity index (χ0) is 14.6. The lowest BCUT2D eigenvalue weighted by Crippen LogP contribution is -2.27. The number of hydrogen-bond donors (Lipinski definition) is 0. The van der Waals surface area contributed by atoms with Crippen LogP contribution in [0.1, 0.15) is 22.3 Å². The van der Waals surface area contributed by atoms with E-state index in [4.69, 9.17) is 10.00 Å². The lowest BCUT2D eigenvalue weighted by atomic mass is 9.96. The monoisotopic (exact) mass is 260 g/mol. The van der Waals surface area contributed by atoms with E-state index in [2.05, 4.69) is 13.0 Å². The van der Waals surface area contributed by atoms with Gasteiger partial charge in [-0.15, -0.1) is 0 Å². The van der Waals surface area contributed by atoms with E-state index in [0.717, 1.165) is 23.3 Å². The molecule has 1 aromatic carbocycles. The van der Waals surface area contributed by atoms with E-state index in [1.165, 1.54) is 16.0 Å². The summed E-state index contributed by atoms with van der Waals surface area (Å²) in [6.07, 6.45) is 0.738. The molecule has 0 aliphatic carbocycles. The molecule has 1 rings (SSSR count). The highest BCUT2D eigenvalue weighted by Gasteiger charge is 2.12. The van der Waals surface area contributed by atoms with Crippen LogP contribution in [0, 0.1) is 32.1 Å². The number of nitrogens with zero attached hydrogens (tertiary/aromatic N) is 2. The molecule has 1 amide bonds. The second-order valence-corrected chi connectivity index (χ2v) is 4.72. The molecule has 0 N–H and O–H groups in total. The predicted molar refractivity (Wildman–Crippen MR) is 74.2 cm³/mol. The summed E-state index contributed by atoms with van der Waals surface area (Å²) in [5.74, 6) is 0.419. The first-order valence-electron chi connectivity index (χ1n) is 6.21. The maximum atomic E-state index is 11.2. The van der Waals surface area contributed by atoms with Gasteiger partial charge in [0.1, 0.15) is 5.75 Å². The fourth-order valence-corrected chi connectivity index (χ4v) is 2.19. The van der Waals surface area contributed by atoms with Gasteiger partial charge < -0.3 is 9.64 Å². The predicted octanol–water partition coefficient (Wildman–Crippen LogP) is 2.14. The second kappa shape index (κ2) is 6.24. The van der Waals surface area contributed by atoms with Crippen LogP contribution in [0.4, 0.5) is 0 Å². The highest BCUT2D eigenvalue weighted by Crippen LogP contribution is 2.28. The first-order valence-corrected chi connectivity index (χ1v) is 6.21. The summed E-state index contributed by atoms with van der Waals surface area (Å²) >= 11 is 0. The van der Waals surface area contributed by atoms with Crippen molar-refractivity contribution >= 4 is 5.91 Å². The van der Waals surface area contributed by atoms with Gasteiger partial charge in [0, 0.05) is 13.6 Å². The molecule has 0 spiro atoms. The van der Waals surface area contributed by atoms with Gasteiger partial charge >= 0.3 is 5.91 Å². The molecule has 1 aromatic rings. The van der Waals surface area contributed by atoms with Crippen molar-refractivity contribution in [3.63, 3.8) is 0 Å². The number of methoxy groups -OCH3 is 1. The van der Waals surface area contributed by atoms with Crippen LogP contribution in [0.2, 0.25) is 0 Å². The van der Waals surface area contributed by atoms with Gasteiger partial charge in [0.05, 0.1) is 7.11 Å². The Morgan fingerprint density at radius 3 is 2.53 bits per heavy atom. The number of likely N-dealkylation sites (N-methyl/N-ethyl adjacent to an activating group) is 1. The molecule has 0 aromatic heterocycles. The van der Waals surface area contributed by atoms with Crippen LogP contribution in [0.3, 0.4) is 0 Å². The molecule has 0 atom stereocenters. The Labute approximate surface area is 114 Å². The molecule has 0 aliphatic rings. The Morgan fingerprint density at radius 2 is 2.00 bits per heavy atom. The van der Waals surface area contributed by atoms with E-state index in [0.29, 0.717) is 6.54 Å². The maximum Gasteiger partial charge on any atom is 0.324 e. The summed E-state index contributed by atoms with van der Waals surface area (Å²) < 4.78 is 5.39. The maximum absolute atomic E-state index is 11.2. The SMILES string of the molecule is COc1c(C)cc(CCN(C)C(=O)C#N)c(C)c1C. The number of rotatable bonds is 4. The molecule has 0 aliphatic heterocycles. The smallest absolute Gasteiger partial charge is 0.324 e. The van der Waals surface area contributed by atoms with E-state index in [1.807, 2.05) is 13.8 Å². The number of hydrogen-bond acceptors (Lipinski definition) is 3. The zero-order valence-corrected chi connectivity index (χ0v) is 12.2. The lowest BCUT2D eigenvalue weighted by molar-refractivity contribution is -0.124. The Bertz CT molecular complexity index is 530. The van der Waals surface area contributed by atoms with Gasteiger partial charge in [-0.25, -0.2) is 0 Å². The molecule has 4 heteroatoms. The Hall–Kier alpha value is -2.02. The summed E-state index contributed by atoms with van der Waals surface area (Å²) in [4.78, 5) is 12.6. The van der Waals surface area contributed by atoms with Crippen LogP contribution >= 0.6 is 0 Å². The molecular formula is C15H20N2O2. The van der Waals surface area contributed by atoms with Gasteiger partial charge in [-0.2, -0.15) is 5.26 Å². The van der Waals surface area contributed by atoms with Crippen molar-refractivity contribution in [3.8, 4) is 11.8 Å². The number of amides is 1. The summed E-state index contributed by atoms with van der Waals surface area (Å²) in [5, 5.41) is 8.56. The summed E-state index contributed by atoms with van der Waals surface area (Å²) in [6, 6.07) is 3.71. The van der Waals surface area contributed by atoms with Crippen LogP contribution in [-0.2, 0) is 11.2 Å². The average molecular weight is 260 g/mol. The minimum atomic E-state index is -0.500. The minimum Gasteiger partial charge on any atom is -0.496 e. The van der Waals surface area contributed by atoms with Gasteiger partial charge in [0.2, 0.25) is 0 Å². The normalized spacial score (nSPS) is 9.89. The highest BCUT2D eigenvalue weighted by molar-refractivity contribution is 5.90. The number of benzene rings is 1. The number of carbonyl (C=O) groups excluding carboxylic acids is 1. The van der Waals surface area contributed by atoms with Crippen molar-refractivity contribution in [1.29, 1.82) is 5.26 Å². The zero-order valence-electron chi connectivity index (χ0n) is 12.2. The number of carbonyl (C=O) groups is 1. The Morgan fingerprint density at radius 1 is 1.37 bits per heavy atom. The largest absolute Gasteiger partial charge is 0.496 e. The lowest BCUT2D eigenvalue weighted by Gasteiger charge is -2.18. The van der Waals surface area contributed by atoms with E-state index >= 15 is 0 Å². The Kier molecular flexibility index (Phi) is 4.94. The van der Waals surface area contributed by atoms with Gasteiger partial charge in [0.15, 0.2) is 6.07 Å². The van der Waals surface area contributed by atoms with Crippen LogP contribution in [0.25, 0.3) is 0 Å². The Balaban J connectivity index is 2.92. The quantitative estimate of drug-likeness (QED) is 0.779. The third-order valence-corrected chi connectivity index (χ3v) is 3.50. The van der Waals surface area contributed by atoms with Crippen molar-refractivity contribution in [2.75, 3.05) is 20.7 Å². The molecule has 0 unspecified atom stereocenters. The molecule has 0 saturated carbocycles. The standard InChI is InChI=1S/C15H20N2O2/c1-10-8-13(6-7-17(4)14(18)9-16)11(2)12(3)15(10)19-5/h8H,6-7H2,1-5H3. The van der Waals surface area contributed by atoms with Crippen molar-refractivity contribution in [2.24, 2.45) is 0 Å². The molecule has 0 fully saturated rings. The first kappa shape index (κ1) is 15.0. The third kappa shape index (κ3) is 3.25. The molecule has 0 radical (unpaired) electrons. The topological polar surface area (TPSA) is 53.3 Å². The van der Waals surface area contributed by atoms with Gasteiger partial charge in [0.25, 0.3) is 0 Å². The number of nitriles is 1. The highest BCUT2D eigenvalue weighted by atomic mass is 16.5. The number of ether oxygens (including phenoxy) is 1. The van der Waals surface area contributed by atoms with Crippen molar-refractivity contribution in [2.45, 2.75) is 27.2 Å². The van der Waals surface area contributed by atoms with Gasteiger partial charge in [-0.1, -0.05) is 6.07 Å². The van der Waals surface area contributed by atoms with E-state index < -0.39 is 5.91 Å². The van der Waals surface area contributed by atoms with Crippen molar-refractivity contribution in [1.82, 2.24) is 4.90 Å². The van der Waals surface area contributed by atoms with Gasteiger partial charge in [-0.3, -0.25) is 4.79 Å². The fourth-order valence-electron chi connectivity index (χ4n) is 2.19. The summed E-state index contributed by atoms with van der Waals surface area (Å²) in [7, 11) is 3.32.